The van der Waals surface area contributed by atoms with E-state index in [9.17, 15) is 0 Å². The van der Waals surface area contributed by atoms with Gasteiger partial charge in [0.2, 0.25) is 0 Å². The molecule has 0 spiro atoms. The molecule has 0 bridgehead atoms. The molecule has 3 rings (SSSR count). The summed E-state index contributed by atoms with van der Waals surface area (Å²) >= 11 is 1.85. The van der Waals surface area contributed by atoms with Crippen molar-refractivity contribution in [3.8, 4) is 0 Å². The highest BCUT2D eigenvalue weighted by Crippen LogP contribution is 2.34. The number of rotatable bonds is 1. The molecule has 1 saturated heterocycles. The molecule has 2 heterocycles. The van der Waals surface area contributed by atoms with E-state index in [2.05, 4.69) is 36.2 Å². The number of fused-ring (bicyclic) bond motifs is 1. The first kappa shape index (κ1) is 10.2. The molecule has 1 aliphatic rings. The molecule has 16 heavy (non-hydrogen) atoms. The first-order valence-corrected chi connectivity index (χ1v) is 6.72. The van der Waals surface area contributed by atoms with Crippen LogP contribution in [0.25, 0.3) is 10.2 Å². The Balaban J connectivity index is 1.98. The maximum atomic E-state index is 4.76. The van der Waals surface area contributed by atoms with Gasteiger partial charge in [0, 0.05) is 0 Å². The largest absolute Gasteiger partial charge is 0.297 e. The predicted octanol–water partition coefficient (Wildman–Crippen LogP) is 3.45. The number of thiazole rings is 1. The average molecular weight is 232 g/mol. The highest BCUT2D eigenvalue weighted by atomic mass is 32.1. The maximum absolute atomic E-state index is 4.76. The maximum Gasteiger partial charge on any atom is 0.111 e. The molecule has 1 aromatic heterocycles. The number of likely N-dealkylation sites (tertiary alicyclic amines) is 1. The van der Waals surface area contributed by atoms with Crippen LogP contribution in [-0.2, 0) is 0 Å². The monoisotopic (exact) mass is 232 g/mol. The van der Waals surface area contributed by atoms with Crippen molar-refractivity contribution in [2.24, 2.45) is 0 Å². The van der Waals surface area contributed by atoms with Crippen LogP contribution in [0.3, 0.4) is 0 Å². The Morgan fingerprint density at radius 1 is 1.31 bits per heavy atom. The van der Waals surface area contributed by atoms with E-state index in [1.54, 1.807) is 0 Å². The van der Waals surface area contributed by atoms with Crippen molar-refractivity contribution >= 4 is 21.6 Å². The van der Waals surface area contributed by atoms with Crippen molar-refractivity contribution in [2.75, 3.05) is 13.6 Å². The minimum atomic E-state index is 0.547. The van der Waals surface area contributed by atoms with Crippen LogP contribution in [0, 0.1) is 0 Å². The van der Waals surface area contributed by atoms with Gasteiger partial charge in [0.15, 0.2) is 0 Å². The van der Waals surface area contributed by atoms with Crippen molar-refractivity contribution in [1.82, 2.24) is 9.88 Å². The minimum Gasteiger partial charge on any atom is -0.297 e. The van der Waals surface area contributed by atoms with Gasteiger partial charge in [-0.15, -0.1) is 11.3 Å². The van der Waals surface area contributed by atoms with E-state index in [0.717, 1.165) is 5.52 Å². The van der Waals surface area contributed by atoms with Gasteiger partial charge in [-0.3, -0.25) is 4.90 Å². The van der Waals surface area contributed by atoms with Crippen molar-refractivity contribution in [1.29, 1.82) is 0 Å². The summed E-state index contributed by atoms with van der Waals surface area (Å²) in [4.78, 5) is 7.21. The van der Waals surface area contributed by atoms with Crippen molar-refractivity contribution in [2.45, 2.75) is 25.3 Å². The number of nitrogens with zero attached hydrogens (tertiary/aromatic N) is 2. The summed E-state index contributed by atoms with van der Waals surface area (Å²) in [6, 6.07) is 8.98. The van der Waals surface area contributed by atoms with Gasteiger partial charge in [-0.2, -0.15) is 0 Å². The van der Waals surface area contributed by atoms with Crippen molar-refractivity contribution in [3.63, 3.8) is 0 Å². The van der Waals surface area contributed by atoms with E-state index in [1.165, 1.54) is 35.5 Å². The topological polar surface area (TPSA) is 16.1 Å². The summed E-state index contributed by atoms with van der Waals surface area (Å²) < 4.78 is 1.32. The van der Waals surface area contributed by atoms with Crippen LogP contribution in [0.1, 0.15) is 30.3 Å². The number of hydrogen-bond acceptors (Lipinski definition) is 3. The Morgan fingerprint density at radius 2 is 2.19 bits per heavy atom. The molecule has 3 heteroatoms. The Morgan fingerprint density at radius 3 is 3.00 bits per heavy atom. The van der Waals surface area contributed by atoms with Crippen molar-refractivity contribution < 1.29 is 0 Å². The molecule has 1 unspecified atom stereocenters. The average Bonchev–Trinajstić information content (AvgIpc) is 2.73. The molecule has 0 aliphatic carbocycles. The molecule has 1 fully saturated rings. The smallest absolute Gasteiger partial charge is 0.111 e. The number of piperidine rings is 1. The third-order valence-corrected chi connectivity index (χ3v) is 4.50. The molecule has 1 aliphatic heterocycles. The van der Waals surface area contributed by atoms with E-state index in [-0.39, 0.29) is 0 Å². The minimum absolute atomic E-state index is 0.547. The van der Waals surface area contributed by atoms with Crippen LogP contribution in [0.2, 0.25) is 0 Å². The van der Waals surface area contributed by atoms with E-state index < -0.39 is 0 Å². The molecular weight excluding hydrogens is 216 g/mol. The van der Waals surface area contributed by atoms with Crippen LogP contribution in [0.15, 0.2) is 24.3 Å². The molecule has 0 radical (unpaired) electrons. The van der Waals surface area contributed by atoms with E-state index in [4.69, 9.17) is 4.98 Å². The zero-order valence-corrected chi connectivity index (χ0v) is 10.3. The quantitative estimate of drug-likeness (QED) is 0.748. The number of hydrogen-bond donors (Lipinski definition) is 0. The second-order valence-corrected chi connectivity index (χ2v) is 5.57. The van der Waals surface area contributed by atoms with Crippen LogP contribution in [-0.4, -0.2) is 23.5 Å². The SMILES string of the molecule is CN1CCCCC1c1nc2ccccc2s1. The Labute approximate surface area is 99.9 Å². The fourth-order valence-corrected chi connectivity index (χ4v) is 3.59. The highest BCUT2D eigenvalue weighted by molar-refractivity contribution is 7.18. The summed E-state index contributed by atoms with van der Waals surface area (Å²) in [7, 11) is 2.22. The van der Waals surface area contributed by atoms with Gasteiger partial charge in [-0.25, -0.2) is 4.98 Å². The molecule has 2 aromatic rings. The first-order chi connectivity index (χ1) is 7.84. The first-order valence-electron chi connectivity index (χ1n) is 5.90. The number of benzene rings is 1. The van der Waals surface area contributed by atoms with Crippen LogP contribution >= 0.6 is 11.3 Å². The molecular formula is C13H16N2S. The van der Waals surface area contributed by atoms with Crippen LogP contribution in [0.5, 0.6) is 0 Å². The molecule has 84 valence electrons. The van der Waals surface area contributed by atoms with Crippen LogP contribution in [0.4, 0.5) is 0 Å². The molecule has 1 atom stereocenters. The second-order valence-electron chi connectivity index (χ2n) is 4.51. The summed E-state index contributed by atoms with van der Waals surface area (Å²) in [6.45, 7) is 1.21. The molecule has 0 amide bonds. The standard InChI is InChI=1S/C13H16N2S/c1-15-9-5-4-7-11(15)13-14-10-6-2-3-8-12(10)16-13/h2-3,6,8,11H,4-5,7,9H2,1H3. The Bertz CT molecular complexity index is 458. The lowest BCUT2D eigenvalue weighted by atomic mass is 10.0. The zero-order chi connectivity index (χ0) is 11.0. The normalized spacial score (nSPS) is 22.7. The number of para-hydroxylation sites is 1. The number of aromatic nitrogens is 1. The predicted molar refractivity (Wildman–Crippen MR) is 68.8 cm³/mol. The lowest BCUT2D eigenvalue weighted by Crippen LogP contribution is -2.29. The second kappa shape index (κ2) is 4.15. The van der Waals surface area contributed by atoms with Gasteiger partial charge in [-0.05, 0) is 38.6 Å². The third kappa shape index (κ3) is 1.74. The lowest BCUT2D eigenvalue weighted by Gasteiger charge is -2.30. The van der Waals surface area contributed by atoms with Gasteiger partial charge in [0.05, 0.1) is 16.3 Å². The highest BCUT2D eigenvalue weighted by Gasteiger charge is 2.23. The van der Waals surface area contributed by atoms with Gasteiger partial charge in [0.25, 0.3) is 0 Å². The van der Waals surface area contributed by atoms with Gasteiger partial charge in [0.1, 0.15) is 5.01 Å². The van der Waals surface area contributed by atoms with Gasteiger partial charge in [-0.1, -0.05) is 18.6 Å². The third-order valence-electron chi connectivity index (χ3n) is 3.37. The van der Waals surface area contributed by atoms with E-state index in [0.29, 0.717) is 6.04 Å². The van der Waals surface area contributed by atoms with Crippen molar-refractivity contribution in [3.05, 3.63) is 29.3 Å². The van der Waals surface area contributed by atoms with Crippen LogP contribution < -0.4 is 0 Å². The van der Waals surface area contributed by atoms with E-state index >= 15 is 0 Å². The molecule has 1 aromatic carbocycles. The summed E-state index contributed by atoms with van der Waals surface area (Å²) in [5.41, 5.74) is 1.15. The fourth-order valence-electron chi connectivity index (χ4n) is 2.42. The molecule has 0 saturated carbocycles. The summed E-state index contributed by atoms with van der Waals surface area (Å²) in [5.74, 6) is 0. The van der Waals surface area contributed by atoms with Gasteiger partial charge >= 0.3 is 0 Å². The Kier molecular flexibility index (Phi) is 2.65. The molecule has 0 N–H and O–H groups in total. The van der Waals surface area contributed by atoms with E-state index in [1.807, 2.05) is 11.3 Å². The van der Waals surface area contributed by atoms with Gasteiger partial charge < -0.3 is 0 Å². The summed E-state index contributed by atoms with van der Waals surface area (Å²) in [6.07, 6.45) is 3.93. The lowest BCUT2D eigenvalue weighted by molar-refractivity contribution is 0.187. The summed E-state index contributed by atoms with van der Waals surface area (Å²) in [5, 5.41) is 1.29. The fraction of sp³-hybridized carbons (Fsp3) is 0.462. The molecule has 2 nitrogen and oxygen atoms in total. The zero-order valence-electron chi connectivity index (χ0n) is 9.52. The Hall–Kier alpha value is -0.930.